The standard InChI is InChI=1S/C24H30FN5O3S.ClH/c1-2-33-22(31)8-5-12-30-27-21(26-28-30)14-17-15-29(13-11-20(17)34)23(24(32)16-9-10-16)18-6-3-4-7-19(18)25;/h3-4,6-7,14,16,20,23,34H,2,5,8-13,15H2,1H3;1H/b17-14+;. The maximum absolute atomic E-state index is 14.7. The Morgan fingerprint density at radius 3 is 2.77 bits per heavy atom. The number of ether oxygens (including phenoxy) is 1. The van der Waals surface area contributed by atoms with E-state index in [1.807, 2.05) is 11.0 Å². The first-order valence-electron chi connectivity index (χ1n) is 11.8. The Kier molecular flexibility index (Phi) is 9.82. The number of aryl methyl sites for hydroxylation is 1. The first-order chi connectivity index (χ1) is 16.5. The molecule has 190 valence electrons. The summed E-state index contributed by atoms with van der Waals surface area (Å²) in [6.07, 6.45) is 5.18. The summed E-state index contributed by atoms with van der Waals surface area (Å²) in [6.45, 7) is 3.72. The van der Waals surface area contributed by atoms with Gasteiger partial charge in [-0.1, -0.05) is 18.2 Å². The molecule has 1 aromatic heterocycles. The second-order valence-corrected chi connectivity index (χ2v) is 9.37. The molecule has 1 aliphatic carbocycles. The lowest BCUT2D eigenvalue weighted by Gasteiger charge is -2.37. The fraction of sp³-hybridized carbons (Fsp3) is 0.542. The molecule has 1 aromatic carbocycles. The molecule has 2 unspecified atom stereocenters. The van der Waals surface area contributed by atoms with Crippen molar-refractivity contribution < 1.29 is 18.7 Å². The SMILES string of the molecule is CCOC(=O)CCCn1nnc(/C=C2\CN(C(C(=O)C3CC3)c3ccccc3F)CCC2S)n1.Cl. The Morgan fingerprint density at radius 2 is 2.06 bits per heavy atom. The normalized spacial score (nSPS) is 20.3. The minimum absolute atomic E-state index is 0. The third-order valence-corrected chi connectivity index (χ3v) is 6.73. The number of halogens is 2. The molecule has 2 aliphatic rings. The average molecular weight is 524 g/mol. The van der Waals surface area contributed by atoms with E-state index in [0.29, 0.717) is 50.5 Å². The molecule has 2 aromatic rings. The van der Waals surface area contributed by atoms with E-state index in [1.54, 1.807) is 25.1 Å². The van der Waals surface area contributed by atoms with Gasteiger partial charge in [-0.15, -0.1) is 22.6 Å². The summed E-state index contributed by atoms with van der Waals surface area (Å²) >= 11 is 4.73. The van der Waals surface area contributed by atoms with Gasteiger partial charge in [0.2, 0.25) is 0 Å². The van der Waals surface area contributed by atoms with Crippen LogP contribution < -0.4 is 0 Å². The number of carbonyl (C=O) groups excluding carboxylic acids is 2. The van der Waals surface area contributed by atoms with Gasteiger partial charge in [-0.25, -0.2) is 4.39 Å². The molecular formula is C24H31ClFN5O3S. The first-order valence-corrected chi connectivity index (χ1v) is 12.3. The Labute approximate surface area is 216 Å². The van der Waals surface area contributed by atoms with Crippen LogP contribution in [0.2, 0.25) is 0 Å². The summed E-state index contributed by atoms with van der Waals surface area (Å²) in [7, 11) is 0. The number of hydrogen-bond donors (Lipinski definition) is 1. The molecule has 2 atom stereocenters. The molecule has 1 saturated carbocycles. The lowest BCUT2D eigenvalue weighted by molar-refractivity contribution is -0.143. The Balaban J connectivity index is 0.00000342. The zero-order valence-corrected chi connectivity index (χ0v) is 21.4. The van der Waals surface area contributed by atoms with Crippen LogP contribution in [0.4, 0.5) is 4.39 Å². The Morgan fingerprint density at radius 1 is 1.29 bits per heavy atom. The first kappa shape index (κ1) is 27.3. The van der Waals surface area contributed by atoms with Gasteiger partial charge in [0.25, 0.3) is 0 Å². The number of hydrogen-bond acceptors (Lipinski definition) is 8. The van der Waals surface area contributed by atoms with Crippen molar-refractivity contribution in [3.05, 3.63) is 47.0 Å². The van der Waals surface area contributed by atoms with Gasteiger partial charge in [-0.05, 0) is 55.5 Å². The number of Topliss-reactive ketones (excluding diaryl/α,β-unsaturated/α-hetero) is 1. The number of benzene rings is 1. The molecule has 0 N–H and O–H groups in total. The van der Waals surface area contributed by atoms with Gasteiger partial charge in [0.15, 0.2) is 11.6 Å². The Hall–Kier alpha value is -2.30. The summed E-state index contributed by atoms with van der Waals surface area (Å²) in [5, 5.41) is 12.5. The van der Waals surface area contributed by atoms with Crippen molar-refractivity contribution in [2.45, 2.75) is 56.9 Å². The van der Waals surface area contributed by atoms with Crippen molar-refractivity contribution in [1.82, 2.24) is 25.1 Å². The number of carbonyl (C=O) groups is 2. The minimum atomic E-state index is -0.607. The van der Waals surface area contributed by atoms with Crippen LogP contribution >= 0.6 is 25.0 Å². The number of tetrazole rings is 1. The summed E-state index contributed by atoms with van der Waals surface area (Å²) in [5.41, 5.74) is 1.40. The molecule has 4 rings (SSSR count). The van der Waals surface area contributed by atoms with Crippen molar-refractivity contribution >= 4 is 42.9 Å². The predicted molar refractivity (Wildman–Crippen MR) is 135 cm³/mol. The van der Waals surface area contributed by atoms with E-state index in [1.165, 1.54) is 10.9 Å². The van der Waals surface area contributed by atoms with E-state index in [0.717, 1.165) is 24.8 Å². The summed E-state index contributed by atoms with van der Waals surface area (Å²) in [5.74, 6) is -0.0413. The molecule has 1 aliphatic heterocycles. The summed E-state index contributed by atoms with van der Waals surface area (Å²) in [4.78, 5) is 28.2. The van der Waals surface area contributed by atoms with Crippen LogP contribution in [-0.4, -0.2) is 61.8 Å². The molecule has 35 heavy (non-hydrogen) atoms. The number of nitrogens with zero attached hydrogens (tertiary/aromatic N) is 5. The monoisotopic (exact) mass is 523 g/mol. The quantitative estimate of drug-likeness (QED) is 0.375. The molecule has 1 saturated heterocycles. The molecule has 8 nitrogen and oxygen atoms in total. The highest BCUT2D eigenvalue weighted by Gasteiger charge is 2.40. The third-order valence-electron chi connectivity index (χ3n) is 6.14. The Bertz CT molecular complexity index is 1060. The van der Waals surface area contributed by atoms with Gasteiger partial charge in [0.1, 0.15) is 5.82 Å². The van der Waals surface area contributed by atoms with Crippen LogP contribution in [0.1, 0.15) is 56.5 Å². The number of rotatable bonds is 10. The van der Waals surface area contributed by atoms with E-state index in [9.17, 15) is 14.0 Å². The van der Waals surface area contributed by atoms with Crippen LogP contribution in [-0.2, 0) is 20.9 Å². The smallest absolute Gasteiger partial charge is 0.305 e. The van der Waals surface area contributed by atoms with Crippen molar-refractivity contribution in [3.63, 3.8) is 0 Å². The number of aromatic nitrogens is 4. The molecule has 0 radical (unpaired) electrons. The molecule has 11 heteroatoms. The second-order valence-electron chi connectivity index (χ2n) is 8.75. The van der Waals surface area contributed by atoms with Crippen LogP contribution in [0.3, 0.4) is 0 Å². The molecule has 0 amide bonds. The van der Waals surface area contributed by atoms with Crippen molar-refractivity contribution in [1.29, 1.82) is 0 Å². The van der Waals surface area contributed by atoms with Gasteiger partial charge in [0, 0.05) is 36.2 Å². The number of piperidine rings is 1. The zero-order valence-electron chi connectivity index (χ0n) is 19.7. The topological polar surface area (TPSA) is 90.2 Å². The second kappa shape index (κ2) is 12.6. The number of thiol groups is 1. The van der Waals surface area contributed by atoms with Gasteiger partial charge < -0.3 is 4.74 Å². The molecule has 2 heterocycles. The maximum atomic E-state index is 14.7. The van der Waals surface area contributed by atoms with Crippen molar-refractivity contribution in [3.8, 4) is 0 Å². The van der Waals surface area contributed by atoms with Crippen LogP contribution in [0, 0.1) is 11.7 Å². The van der Waals surface area contributed by atoms with E-state index in [-0.39, 0.29) is 41.1 Å². The number of esters is 1. The highest BCUT2D eigenvalue weighted by molar-refractivity contribution is 7.81. The largest absolute Gasteiger partial charge is 0.466 e. The van der Waals surface area contributed by atoms with Gasteiger partial charge in [-0.3, -0.25) is 14.5 Å². The minimum Gasteiger partial charge on any atom is -0.466 e. The third kappa shape index (κ3) is 7.11. The molecule has 2 fully saturated rings. The number of ketones is 1. The summed E-state index contributed by atoms with van der Waals surface area (Å²) < 4.78 is 19.6. The molecule has 0 bridgehead atoms. The number of likely N-dealkylation sites (tertiary alicyclic amines) is 1. The summed E-state index contributed by atoms with van der Waals surface area (Å²) in [6, 6.07) is 5.93. The van der Waals surface area contributed by atoms with Crippen molar-refractivity contribution in [2.75, 3.05) is 19.7 Å². The van der Waals surface area contributed by atoms with Gasteiger partial charge >= 0.3 is 5.97 Å². The van der Waals surface area contributed by atoms with Crippen LogP contribution in [0.25, 0.3) is 6.08 Å². The maximum Gasteiger partial charge on any atom is 0.305 e. The van der Waals surface area contributed by atoms with E-state index in [4.69, 9.17) is 17.4 Å². The van der Waals surface area contributed by atoms with E-state index >= 15 is 0 Å². The van der Waals surface area contributed by atoms with Crippen LogP contribution in [0.15, 0.2) is 29.8 Å². The lowest BCUT2D eigenvalue weighted by atomic mass is 9.93. The van der Waals surface area contributed by atoms with Gasteiger partial charge in [-0.2, -0.15) is 17.4 Å². The van der Waals surface area contributed by atoms with Crippen LogP contribution in [0.5, 0.6) is 0 Å². The van der Waals surface area contributed by atoms with E-state index in [2.05, 4.69) is 15.4 Å². The molecular weight excluding hydrogens is 493 g/mol. The zero-order chi connectivity index (χ0) is 24.1. The fourth-order valence-corrected chi connectivity index (χ4v) is 4.52. The fourth-order valence-electron chi connectivity index (χ4n) is 4.24. The van der Waals surface area contributed by atoms with Crippen molar-refractivity contribution in [2.24, 2.45) is 5.92 Å². The van der Waals surface area contributed by atoms with E-state index < -0.39 is 6.04 Å². The molecule has 0 spiro atoms. The lowest BCUT2D eigenvalue weighted by Crippen LogP contribution is -2.42. The highest BCUT2D eigenvalue weighted by Crippen LogP contribution is 2.39. The predicted octanol–water partition coefficient (Wildman–Crippen LogP) is 3.69. The average Bonchev–Trinajstić information content (AvgIpc) is 3.58. The highest BCUT2D eigenvalue weighted by atomic mass is 35.5. The van der Waals surface area contributed by atoms with Gasteiger partial charge in [0.05, 0.1) is 19.2 Å².